The van der Waals surface area contributed by atoms with Crippen LogP contribution in [0.25, 0.3) is 21.9 Å². The molecule has 1 amide bonds. The van der Waals surface area contributed by atoms with Crippen LogP contribution in [0.4, 0.5) is 26.4 Å². The van der Waals surface area contributed by atoms with Crippen molar-refractivity contribution in [1.29, 1.82) is 0 Å². The van der Waals surface area contributed by atoms with Crippen LogP contribution in [0.5, 0.6) is 5.88 Å². The lowest BCUT2D eigenvalue weighted by molar-refractivity contribution is 0.131. The molecule has 3 aromatic rings. The number of ether oxygens (including phenoxy) is 2. The number of pyridine rings is 2. The molecular formula is C24H25FN6O3. The largest absolute Gasteiger partial charge is 0.474 e. The second-order valence-electron chi connectivity index (χ2n) is 9.24. The van der Waals surface area contributed by atoms with E-state index in [9.17, 15) is 4.79 Å². The van der Waals surface area contributed by atoms with Crippen molar-refractivity contribution in [3.8, 4) is 17.0 Å². The molecule has 2 aliphatic heterocycles. The van der Waals surface area contributed by atoms with Gasteiger partial charge >= 0.3 is 6.09 Å². The number of nitrogens with zero attached hydrogens (tertiary/aromatic N) is 3. The summed E-state index contributed by atoms with van der Waals surface area (Å²) in [6.07, 6.45) is 2.48. The van der Waals surface area contributed by atoms with E-state index in [0.29, 0.717) is 58.6 Å². The summed E-state index contributed by atoms with van der Waals surface area (Å²) >= 11 is 0. The summed E-state index contributed by atoms with van der Waals surface area (Å²) in [5.74, 6) is 1.11. The number of carbonyl (C=O) groups excluding carboxylic acids is 1. The maximum Gasteiger partial charge on any atom is 0.413 e. The monoisotopic (exact) mass is 464 g/mol. The molecule has 4 heterocycles. The Labute approximate surface area is 195 Å². The third-order valence-electron chi connectivity index (χ3n) is 7.01. The molecule has 4 N–H and O–H groups in total. The van der Waals surface area contributed by atoms with Gasteiger partial charge in [0.05, 0.1) is 5.69 Å². The molecule has 34 heavy (non-hydrogen) atoms. The second-order valence-corrected chi connectivity index (χ2v) is 9.24. The number of aromatic nitrogens is 2. The van der Waals surface area contributed by atoms with Crippen molar-refractivity contribution < 1.29 is 18.7 Å². The molecule has 0 spiro atoms. The van der Waals surface area contributed by atoms with E-state index in [1.165, 1.54) is 6.20 Å². The van der Waals surface area contributed by atoms with Gasteiger partial charge in [-0.15, -0.1) is 0 Å². The number of hydrogen-bond donors (Lipinski definition) is 3. The molecule has 0 bridgehead atoms. The minimum atomic E-state index is -0.541. The van der Waals surface area contributed by atoms with Crippen LogP contribution >= 0.6 is 0 Å². The van der Waals surface area contributed by atoms with Crippen LogP contribution in [-0.4, -0.2) is 60.4 Å². The molecular weight excluding hydrogens is 439 g/mol. The highest BCUT2D eigenvalue weighted by molar-refractivity contribution is 5.99. The zero-order valence-corrected chi connectivity index (χ0v) is 18.9. The molecule has 0 radical (unpaired) electrons. The highest BCUT2D eigenvalue weighted by Crippen LogP contribution is 2.47. The molecule has 2 aromatic heterocycles. The van der Waals surface area contributed by atoms with E-state index in [1.807, 2.05) is 6.92 Å². The Morgan fingerprint density at radius 1 is 1.26 bits per heavy atom. The number of piperidine rings is 1. The van der Waals surface area contributed by atoms with Crippen molar-refractivity contribution in [3.63, 3.8) is 0 Å². The third-order valence-corrected chi connectivity index (χ3v) is 7.01. The van der Waals surface area contributed by atoms with E-state index in [2.05, 4.69) is 32.5 Å². The quantitative estimate of drug-likeness (QED) is 0.506. The molecule has 1 aliphatic carbocycles. The molecule has 1 saturated heterocycles. The van der Waals surface area contributed by atoms with Gasteiger partial charge in [0.1, 0.15) is 24.2 Å². The molecule has 1 unspecified atom stereocenters. The van der Waals surface area contributed by atoms with Crippen molar-refractivity contribution in [2.45, 2.75) is 13.0 Å². The number of hydrogen-bond acceptors (Lipinski definition) is 8. The highest BCUT2D eigenvalue weighted by atomic mass is 19.1. The van der Waals surface area contributed by atoms with Gasteiger partial charge < -0.3 is 25.4 Å². The number of fused-ring (bicyclic) bond motifs is 3. The summed E-state index contributed by atoms with van der Waals surface area (Å²) in [7, 11) is 2.07. The van der Waals surface area contributed by atoms with Crippen molar-refractivity contribution in [3.05, 3.63) is 35.9 Å². The zero-order valence-electron chi connectivity index (χ0n) is 18.9. The van der Waals surface area contributed by atoms with Crippen LogP contribution in [0.2, 0.25) is 0 Å². The van der Waals surface area contributed by atoms with Gasteiger partial charge in [-0.05, 0) is 37.1 Å². The normalized spacial score (nSPS) is 23.0. The Balaban J connectivity index is 1.29. The van der Waals surface area contributed by atoms with Crippen LogP contribution in [0.3, 0.4) is 0 Å². The maximum atomic E-state index is 15.3. The molecule has 6 rings (SSSR count). The molecule has 10 heteroatoms. The average molecular weight is 465 g/mol. The van der Waals surface area contributed by atoms with Gasteiger partial charge in [-0.3, -0.25) is 5.32 Å². The van der Waals surface area contributed by atoms with Gasteiger partial charge in [-0.1, -0.05) is 0 Å². The second kappa shape index (κ2) is 7.69. The van der Waals surface area contributed by atoms with Gasteiger partial charge in [0.15, 0.2) is 5.82 Å². The standard InChI is InChI=1S/C24H25FN6O3/c1-11-14(7-29-23-21(11)27-3-4-33-23)13-5-12-6-18(28-8-15(12)20(26)19(13)25)30-24(32)34-22-16-9-31(2)10-17(16)22/h5-8,16-17,22,27H,3-4,9-10,26H2,1-2H3,(H,28,30,32)/t16-,17+,22?. The van der Waals surface area contributed by atoms with E-state index < -0.39 is 11.9 Å². The van der Waals surface area contributed by atoms with Gasteiger partial charge in [0.25, 0.3) is 0 Å². The predicted molar refractivity (Wildman–Crippen MR) is 126 cm³/mol. The fourth-order valence-electron chi connectivity index (χ4n) is 5.17. The van der Waals surface area contributed by atoms with Gasteiger partial charge in [-0.2, -0.15) is 0 Å². The number of benzene rings is 1. The van der Waals surface area contributed by atoms with E-state index in [4.69, 9.17) is 15.2 Å². The first-order valence-corrected chi connectivity index (χ1v) is 11.3. The average Bonchev–Trinajstić information content (AvgIpc) is 3.26. The summed E-state index contributed by atoms with van der Waals surface area (Å²) in [6, 6.07) is 3.36. The first-order valence-electron chi connectivity index (χ1n) is 11.3. The third kappa shape index (κ3) is 3.37. The maximum absolute atomic E-state index is 15.3. The SMILES string of the molecule is Cc1c(-c2cc3cc(NC(=O)OC4[C@H]5CN(C)C[C@@H]45)ncc3c(N)c2F)cnc2c1NCCO2. The minimum Gasteiger partial charge on any atom is -0.474 e. The number of nitrogens with two attached hydrogens (primary N) is 1. The van der Waals surface area contributed by atoms with E-state index >= 15 is 4.39 Å². The molecule has 9 nitrogen and oxygen atoms in total. The smallest absolute Gasteiger partial charge is 0.413 e. The first kappa shape index (κ1) is 20.9. The van der Waals surface area contributed by atoms with Crippen molar-refractivity contribution in [1.82, 2.24) is 14.9 Å². The lowest BCUT2D eigenvalue weighted by atomic mass is 9.97. The fourth-order valence-corrected chi connectivity index (χ4v) is 5.17. The summed E-state index contributed by atoms with van der Waals surface area (Å²) < 4.78 is 26.5. The summed E-state index contributed by atoms with van der Waals surface area (Å²) in [5, 5.41) is 7.06. The van der Waals surface area contributed by atoms with Crippen molar-refractivity contribution >= 4 is 34.1 Å². The van der Waals surface area contributed by atoms with Crippen LogP contribution in [0.15, 0.2) is 24.5 Å². The number of likely N-dealkylation sites (tertiary alicyclic amines) is 1. The van der Waals surface area contributed by atoms with E-state index in [1.54, 1.807) is 18.3 Å². The Morgan fingerprint density at radius 2 is 2.06 bits per heavy atom. The van der Waals surface area contributed by atoms with E-state index in [0.717, 1.165) is 24.3 Å². The molecule has 3 aliphatic rings. The Hall–Kier alpha value is -3.66. The zero-order chi connectivity index (χ0) is 23.6. The number of nitrogens with one attached hydrogen (secondary N) is 2. The lowest BCUT2D eigenvalue weighted by Crippen LogP contribution is -2.25. The molecule has 2 fully saturated rings. The Morgan fingerprint density at radius 3 is 2.85 bits per heavy atom. The number of rotatable bonds is 3. The van der Waals surface area contributed by atoms with Crippen molar-refractivity contribution in [2.75, 3.05) is 49.7 Å². The highest BCUT2D eigenvalue weighted by Gasteiger charge is 2.57. The van der Waals surface area contributed by atoms with Gasteiger partial charge in [0.2, 0.25) is 5.88 Å². The molecule has 1 saturated carbocycles. The number of nitrogen functional groups attached to an aromatic ring is 1. The number of amides is 1. The predicted octanol–water partition coefficient (Wildman–Crippen LogP) is 3.24. The Kier molecular flexibility index (Phi) is 4.73. The first-order chi connectivity index (χ1) is 16.4. The van der Waals surface area contributed by atoms with Crippen LogP contribution in [0.1, 0.15) is 5.56 Å². The summed E-state index contributed by atoms with van der Waals surface area (Å²) in [6.45, 7) is 4.96. The lowest BCUT2D eigenvalue weighted by Gasteiger charge is -2.22. The minimum absolute atomic E-state index is 0.00891. The number of anilines is 3. The van der Waals surface area contributed by atoms with Crippen LogP contribution < -0.4 is 21.1 Å². The molecule has 3 atom stereocenters. The number of carbonyl (C=O) groups is 1. The van der Waals surface area contributed by atoms with Crippen LogP contribution in [-0.2, 0) is 4.74 Å². The van der Waals surface area contributed by atoms with E-state index in [-0.39, 0.29) is 11.8 Å². The summed E-state index contributed by atoms with van der Waals surface area (Å²) in [5.41, 5.74) is 8.63. The van der Waals surface area contributed by atoms with Gasteiger partial charge in [-0.25, -0.2) is 19.2 Å². The Bertz CT molecular complexity index is 1320. The molecule has 1 aromatic carbocycles. The van der Waals surface area contributed by atoms with Gasteiger partial charge in [0, 0.05) is 60.4 Å². The summed E-state index contributed by atoms with van der Waals surface area (Å²) in [4.78, 5) is 23.2. The van der Waals surface area contributed by atoms with Crippen LogP contribution in [0, 0.1) is 24.6 Å². The topological polar surface area (TPSA) is 115 Å². The number of halogens is 1. The van der Waals surface area contributed by atoms with Crippen molar-refractivity contribution in [2.24, 2.45) is 11.8 Å². The fraction of sp³-hybridized carbons (Fsp3) is 0.375. The molecule has 176 valence electrons.